The van der Waals surface area contributed by atoms with Crippen molar-refractivity contribution >= 4 is 5.97 Å². The topological polar surface area (TPSA) is 65.0 Å². The van der Waals surface area contributed by atoms with Crippen molar-refractivity contribution in [1.29, 1.82) is 0 Å². The molecule has 98 valence electrons. The molecule has 0 aliphatic carbocycles. The monoisotopic (exact) mass is 252 g/mol. The van der Waals surface area contributed by atoms with Gasteiger partial charge >= 0.3 is 5.97 Å². The summed E-state index contributed by atoms with van der Waals surface area (Å²) in [5, 5.41) is 8.44. The smallest absolute Gasteiger partial charge is 0.329 e. The molecule has 2 rings (SSSR count). The molecule has 0 saturated heterocycles. The molecule has 5 nitrogen and oxygen atoms in total. The molecule has 0 bridgehead atoms. The van der Waals surface area contributed by atoms with Gasteiger partial charge in [0.15, 0.2) is 11.5 Å². The number of fused-ring (bicyclic) bond motifs is 1. The Morgan fingerprint density at radius 3 is 2.83 bits per heavy atom. The Labute approximate surface area is 105 Å². The third-order valence-electron chi connectivity index (χ3n) is 2.57. The first-order valence-electron chi connectivity index (χ1n) is 5.94. The molecule has 1 aromatic carbocycles. The predicted molar refractivity (Wildman–Crippen MR) is 64.2 cm³/mol. The number of aliphatic carboxylic acids is 1. The average Bonchev–Trinajstić information content (AvgIpc) is 2.59. The van der Waals surface area contributed by atoms with Gasteiger partial charge in [-0.1, -0.05) is 6.07 Å². The molecule has 1 aliphatic rings. The molecule has 0 saturated carbocycles. The van der Waals surface area contributed by atoms with E-state index in [1.807, 2.05) is 18.2 Å². The third kappa shape index (κ3) is 3.63. The van der Waals surface area contributed by atoms with Crippen LogP contribution in [0.3, 0.4) is 0 Å². The van der Waals surface area contributed by atoms with Crippen molar-refractivity contribution < 1.29 is 24.1 Å². The van der Waals surface area contributed by atoms with Gasteiger partial charge in [-0.05, 0) is 24.1 Å². The van der Waals surface area contributed by atoms with Gasteiger partial charge in [0.1, 0.15) is 6.61 Å². The molecule has 0 fully saturated rings. The molecule has 18 heavy (non-hydrogen) atoms. The molecule has 0 spiro atoms. The summed E-state index contributed by atoms with van der Waals surface area (Å²) in [6, 6.07) is 5.75. The lowest BCUT2D eigenvalue weighted by Gasteiger charge is -2.09. The lowest BCUT2D eigenvalue weighted by molar-refractivity contribution is -0.142. The Kier molecular flexibility index (Phi) is 4.41. The first-order chi connectivity index (χ1) is 8.75. The van der Waals surface area contributed by atoms with E-state index >= 15 is 0 Å². The van der Waals surface area contributed by atoms with Crippen molar-refractivity contribution in [3.63, 3.8) is 0 Å². The molecular weight excluding hydrogens is 236 g/mol. The van der Waals surface area contributed by atoms with Crippen LogP contribution in [-0.2, 0) is 16.0 Å². The van der Waals surface area contributed by atoms with Gasteiger partial charge in [0.2, 0.25) is 0 Å². The van der Waals surface area contributed by atoms with Crippen molar-refractivity contribution in [3.05, 3.63) is 23.8 Å². The summed E-state index contributed by atoms with van der Waals surface area (Å²) in [7, 11) is 0. The van der Waals surface area contributed by atoms with Gasteiger partial charge in [0.25, 0.3) is 0 Å². The average molecular weight is 252 g/mol. The fourth-order valence-electron chi connectivity index (χ4n) is 1.71. The molecule has 0 aromatic heterocycles. The van der Waals surface area contributed by atoms with Crippen LogP contribution in [0.15, 0.2) is 18.2 Å². The summed E-state index contributed by atoms with van der Waals surface area (Å²) in [5.41, 5.74) is 1.05. The van der Waals surface area contributed by atoms with Crippen LogP contribution >= 0.6 is 0 Å². The number of ether oxygens (including phenoxy) is 3. The number of benzene rings is 1. The summed E-state index contributed by atoms with van der Waals surface area (Å²) in [4.78, 5) is 10.3. The van der Waals surface area contributed by atoms with Crippen LogP contribution in [0.1, 0.15) is 12.0 Å². The lowest BCUT2D eigenvalue weighted by atomic mass is 10.1. The maximum Gasteiger partial charge on any atom is 0.329 e. The zero-order valence-electron chi connectivity index (χ0n) is 10.1. The van der Waals surface area contributed by atoms with Crippen LogP contribution in [0.2, 0.25) is 0 Å². The van der Waals surface area contributed by atoms with E-state index in [0.717, 1.165) is 23.5 Å². The van der Waals surface area contributed by atoms with Crippen LogP contribution in [0.25, 0.3) is 0 Å². The van der Waals surface area contributed by atoms with E-state index in [1.54, 1.807) is 0 Å². The van der Waals surface area contributed by atoms with Crippen molar-refractivity contribution in [2.24, 2.45) is 0 Å². The number of carboxylic acids is 1. The minimum absolute atomic E-state index is 0.259. The van der Waals surface area contributed by atoms with Gasteiger partial charge in [-0.25, -0.2) is 4.79 Å². The van der Waals surface area contributed by atoms with Crippen LogP contribution < -0.4 is 9.47 Å². The van der Waals surface area contributed by atoms with E-state index in [9.17, 15) is 4.79 Å². The van der Waals surface area contributed by atoms with Crippen molar-refractivity contribution in [3.8, 4) is 11.5 Å². The second-order valence-electron chi connectivity index (χ2n) is 4.03. The molecule has 1 aliphatic heterocycles. The first kappa shape index (κ1) is 12.7. The minimum Gasteiger partial charge on any atom is -0.490 e. The van der Waals surface area contributed by atoms with Gasteiger partial charge in [-0.3, -0.25) is 0 Å². The highest BCUT2D eigenvalue weighted by molar-refractivity contribution is 5.67. The lowest BCUT2D eigenvalue weighted by Crippen LogP contribution is -2.09. The number of hydrogen-bond donors (Lipinski definition) is 1. The highest BCUT2D eigenvalue weighted by Crippen LogP contribution is 2.30. The van der Waals surface area contributed by atoms with Crippen molar-refractivity contribution in [2.75, 3.05) is 26.4 Å². The van der Waals surface area contributed by atoms with E-state index in [4.69, 9.17) is 19.3 Å². The van der Waals surface area contributed by atoms with Crippen LogP contribution in [-0.4, -0.2) is 37.5 Å². The number of carbonyl (C=O) groups is 1. The fraction of sp³-hybridized carbons (Fsp3) is 0.462. The van der Waals surface area contributed by atoms with Crippen molar-refractivity contribution in [1.82, 2.24) is 0 Å². The Morgan fingerprint density at radius 2 is 2.06 bits per heavy atom. The molecule has 1 aromatic rings. The van der Waals surface area contributed by atoms with E-state index in [1.165, 1.54) is 0 Å². The molecule has 0 radical (unpaired) electrons. The summed E-state index contributed by atoms with van der Waals surface area (Å²) < 4.78 is 16.1. The van der Waals surface area contributed by atoms with E-state index in [-0.39, 0.29) is 6.61 Å². The normalized spacial score (nSPS) is 14.0. The van der Waals surface area contributed by atoms with Gasteiger partial charge in [-0.2, -0.15) is 0 Å². The Hall–Kier alpha value is -1.75. The maximum absolute atomic E-state index is 10.3. The molecule has 0 atom stereocenters. The number of hydrogen-bond acceptors (Lipinski definition) is 4. The molecule has 1 N–H and O–H groups in total. The predicted octanol–water partition coefficient (Wildman–Crippen LogP) is 1.49. The molecule has 0 unspecified atom stereocenters. The van der Waals surface area contributed by atoms with Gasteiger partial charge in [0, 0.05) is 6.42 Å². The van der Waals surface area contributed by atoms with Crippen LogP contribution in [0.4, 0.5) is 0 Å². The second-order valence-corrected chi connectivity index (χ2v) is 4.03. The number of rotatable bonds is 5. The second kappa shape index (κ2) is 6.26. The number of carboxylic acid groups (broad SMARTS) is 1. The maximum atomic E-state index is 10.3. The first-order valence-corrected chi connectivity index (χ1v) is 5.94. The Balaban J connectivity index is 1.89. The largest absolute Gasteiger partial charge is 0.490 e. The standard InChI is InChI=1S/C13H16O5/c14-13(15)9-16-7-4-10-2-3-11-12(8-10)18-6-1-5-17-11/h2-3,8H,1,4-7,9H2,(H,14,15). The van der Waals surface area contributed by atoms with E-state index < -0.39 is 5.97 Å². The molecule has 0 amide bonds. The minimum atomic E-state index is -0.950. The van der Waals surface area contributed by atoms with Crippen LogP contribution in [0, 0.1) is 0 Å². The zero-order valence-corrected chi connectivity index (χ0v) is 10.1. The molecular formula is C13H16O5. The summed E-state index contributed by atoms with van der Waals surface area (Å²) in [6.07, 6.45) is 1.54. The van der Waals surface area contributed by atoms with Gasteiger partial charge in [-0.15, -0.1) is 0 Å². The quantitative estimate of drug-likeness (QED) is 0.804. The highest BCUT2D eigenvalue weighted by atomic mass is 16.5. The van der Waals surface area contributed by atoms with Gasteiger partial charge < -0.3 is 19.3 Å². The van der Waals surface area contributed by atoms with Crippen LogP contribution in [0.5, 0.6) is 11.5 Å². The third-order valence-corrected chi connectivity index (χ3v) is 2.57. The Morgan fingerprint density at radius 1 is 1.28 bits per heavy atom. The molecule has 5 heteroatoms. The van der Waals surface area contributed by atoms with Crippen molar-refractivity contribution in [2.45, 2.75) is 12.8 Å². The summed E-state index contributed by atoms with van der Waals surface area (Å²) >= 11 is 0. The van der Waals surface area contributed by atoms with Gasteiger partial charge in [0.05, 0.1) is 19.8 Å². The summed E-state index contributed by atoms with van der Waals surface area (Å²) in [6.45, 7) is 1.45. The zero-order chi connectivity index (χ0) is 12.8. The molecule has 1 heterocycles. The van der Waals surface area contributed by atoms with E-state index in [2.05, 4.69) is 0 Å². The summed E-state index contributed by atoms with van der Waals surface area (Å²) in [5.74, 6) is 0.569. The fourth-order valence-corrected chi connectivity index (χ4v) is 1.71. The van der Waals surface area contributed by atoms with E-state index in [0.29, 0.717) is 26.2 Å². The Bertz CT molecular complexity index is 416. The SMILES string of the molecule is O=C(O)COCCc1ccc2c(c1)OCCCO2. The highest BCUT2D eigenvalue weighted by Gasteiger charge is 2.10.